The maximum absolute atomic E-state index is 11.1. The standard InChI is InChI=1S/C18H30Cl3NO/c1-2-3-4-5-6-7-8-9-10-11-12-13-14-15-16(19)18(20,21)17(22)23/h6-7,9-10,16H,2-5,8,11-15H2,1H3,(H2,22,23). The van der Waals surface area contributed by atoms with Crippen LogP contribution in [0.1, 0.15) is 71.1 Å². The third-order valence-electron chi connectivity index (χ3n) is 3.63. The van der Waals surface area contributed by atoms with E-state index in [1.165, 1.54) is 25.7 Å². The monoisotopic (exact) mass is 381 g/mol. The molecule has 0 saturated heterocycles. The van der Waals surface area contributed by atoms with E-state index in [1.54, 1.807) is 0 Å². The Hall–Kier alpha value is -0.180. The van der Waals surface area contributed by atoms with Crippen LogP contribution in [0.25, 0.3) is 0 Å². The number of nitrogens with two attached hydrogens (primary N) is 1. The quantitative estimate of drug-likeness (QED) is 0.214. The van der Waals surface area contributed by atoms with Gasteiger partial charge in [0.25, 0.3) is 5.91 Å². The average molecular weight is 383 g/mol. The molecule has 2 nitrogen and oxygen atoms in total. The highest BCUT2D eigenvalue weighted by Crippen LogP contribution is 2.32. The zero-order valence-corrected chi connectivity index (χ0v) is 16.3. The first-order valence-electron chi connectivity index (χ1n) is 8.54. The van der Waals surface area contributed by atoms with Crippen LogP contribution in [0.4, 0.5) is 0 Å². The van der Waals surface area contributed by atoms with E-state index in [9.17, 15) is 4.79 Å². The average Bonchev–Trinajstić information content (AvgIpc) is 2.51. The van der Waals surface area contributed by atoms with Gasteiger partial charge >= 0.3 is 0 Å². The van der Waals surface area contributed by atoms with Crippen molar-refractivity contribution in [1.29, 1.82) is 0 Å². The minimum absolute atomic E-state index is 0.585. The molecule has 0 aromatic rings. The number of halogens is 3. The minimum atomic E-state index is -1.68. The fourth-order valence-electron chi connectivity index (χ4n) is 2.12. The first-order chi connectivity index (χ1) is 10.9. The Morgan fingerprint density at radius 2 is 1.57 bits per heavy atom. The zero-order valence-electron chi connectivity index (χ0n) is 14.1. The summed E-state index contributed by atoms with van der Waals surface area (Å²) in [6, 6.07) is 0. The van der Waals surface area contributed by atoms with Gasteiger partial charge in [-0.1, -0.05) is 80.1 Å². The van der Waals surface area contributed by atoms with E-state index in [-0.39, 0.29) is 0 Å². The van der Waals surface area contributed by atoms with Crippen LogP contribution in [0.3, 0.4) is 0 Å². The lowest BCUT2D eigenvalue weighted by Gasteiger charge is -2.21. The lowest BCUT2D eigenvalue weighted by Crippen LogP contribution is -2.41. The molecule has 0 aliphatic carbocycles. The van der Waals surface area contributed by atoms with Crippen LogP contribution in [0.5, 0.6) is 0 Å². The highest BCUT2D eigenvalue weighted by molar-refractivity contribution is 6.61. The van der Waals surface area contributed by atoms with Gasteiger partial charge in [-0.3, -0.25) is 4.79 Å². The number of alkyl halides is 3. The topological polar surface area (TPSA) is 43.1 Å². The number of amides is 1. The first kappa shape index (κ1) is 22.8. The molecule has 1 amide bonds. The third-order valence-corrected chi connectivity index (χ3v) is 5.30. The van der Waals surface area contributed by atoms with Crippen LogP contribution in [0, 0.1) is 0 Å². The Balaban J connectivity index is 3.55. The predicted octanol–water partition coefficient (Wildman–Crippen LogP) is 6.29. The molecule has 1 atom stereocenters. The van der Waals surface area contributed by atoms with Gasteiger partial charge in [-0.2, -0.15) is 0 Å². The molecule has 0 bridgehead atoms. The number of allylic oxidation sites excluding steroid dienone is 4. The molecule has 0 radical (unpaired) electrons. The molecule has 1 unspecified atom stereocenters. The molecule has 0 saturated carbocycles. The summed E-state index contributed by atoms with van der Waals surface area (Å²) in [5.41, 5.74) is 5.11. The summed E-state index contributed by atoms with van der Waals surface area (Å²) in [6.07, 6.45) is 19.6. The molecule has 2 N–H and O–H groups in total. The summed E-state index contributed by atoms with van der Waals surface area (Å²) < 4.78 is -1.68. The Kier molecular flexibility index (Phi) is 14.1. The molecular weight excluding hydrogens is 353 g/mol. The van der Waals surface area contributed by atoms with Crippen LogP contribution >= 0.6 is 34.8 Å². The van der Waals surface area contributed by atoms with E-state index in [4.69, 9.17) is 40.5 Å². The van der Waals surface area contributed by atoms with Crippen molar-refractivity contribution < 1.29 is 4.79 Å². The largest absolute Gasteiger partial charge is 0.367 e. The van der Waals surface area contributed by atoms with Gasteiger partial charge in [0, 0.05) is 0 Å². The zero-order chi connectivity index (χ0) is 17.6. The highest BCUT2D eigenvalue weighted by atomic mass is 35.5. The Morgan fingerprint density at radius 3 is 2.09 bits per heavy atom. The number of hydrogen-bond donors (Lipinski definition) is 1. The van der Waals surface area contributed by atoms with Gasteiger partial charge in [-0.15, -0.1) is 11.6 Å². The number of rotatable bonds is 14. The Labute approximate surface area is 156 Å². The molecule has 0 heterocycles. The molecule has 0 aromatic carbocycles. The number of unbranched alkanes of at least 4 members (excludes halogenated alkanes) is 6. The van der Waals surface area contributed by atoms with E-state index in [1.807, 2.05) is 0 Å². The van der Waals surface area contributed by atoms with Crippen molar-refractivity contribution in [3.63, 3.8) is 0 Å². The molecular formula is C18H30Cl3NO. The summed E-state index contributed by atoms with van der Waals surface area (Å²) in [6.45, 7) is 2.22. The Morgan fingerprint density at radius 1 is 1.00 bits per heavy atom. The number of carbonyl (C=O) groups is 1. The SMILES string of the molecule is CCCCCC=CCC=CCCCCCC(Cl)C(Cl)(Cl)C(N)=O. The van der Waals surface area contributed by atoms with Crippen molar-refractivity contribution in [2.45, 2.75) is 80.8 Å². The lowest BCUT2D eigenvalue weighted by molar-refractivity contribution is -0.118. The molecule has 0 aromatic heterocycles. The van der Waals surface area contributed by atoms with Crippen LogP contribution in [0.2, 0.25) is 0 Å². The number of hydrogen-bond acceptors (Lipinski definition) is 1. The van der Waals surface area contributed by atoms with Gasteiger partial charge in [0.1, 0.15) is 0 Å². The van der Waals surface area contributed by atoms with Gasteiger partial charge in [0.05, 0.1) is 5.38 Å². The maximum Gasteiger partial charge on any atom is 0.255 e. The van der Waals surface area contributed by atoms with Crippen LogP contribution in [-0.4, -0.2) is 15.6 Å². The maximum atomic E-state index is 11.1. The van der Waals surface area contributed by atoms with Crippen molar-refractivity contribution in [1.82, 2.24) is 0 Å². The van der Waals surface area contributed by atoms with Crippen molar-refractivity contribution >= 4 is 40.7 Å². The molecule has 23 heavy (non-hydrogen) atoms. The first-order valence-corrected chi connectivity index (χ1v) is 9.74. The second kappa shape index (κ2) is 14.2. The molecule has 0 aliphatic heterocycles. The van der Waals surface area contributed by atoms with Gasteiger partial charge < -0.3 is 5.73 Å². The summed E-state index contributed by atoms with van der Waals surface area (Å²) in [5.74, 6) is -0.786. The van der Waals surface area contributed by atoms with E-state index >= 15 is 0 Å². The van der Waals surface area contributed by atoms with Crippen molar-refractivity contribution in [3.8, 4) is 0 Å². The minimum Gasteiger partial charge on any atom is -0.367 e. The van der Waals surface area contributed by atoms with E-state index < -0.39 is 15.6 Å². The van der Waals surface area contributed by atoms with E-state index in [0.717, 1.165) is 32.1 Å². The molecule has 0 spiro atoms. The van der Waals surface area contributed by atoms with Gasteiger partial charge in [-0.25, -0.2) is 0 Å². The van der Waals surface area contributed by atoms with Gasteiger partial charge in [0.15, 0.2) is 0 Å². The van der Waals surface area contributed by atoms with Gasteiger partial charge in [0.2, 0.25) is 4.33 Å². The molecule has 5 heteroatoms. The molecule has 0 rings (SSSR count). The fourth-order valence-corrected chi connectivity index (χ4v) is 2.60. The van der Waals surface area contributed by atoms with E-state index in [2.05, 4.69) is 31.2 Å². The smallest absolute Gasteiger partial charge is 0.255 e. The normalized spacial score (nSPS) is 13.9. The van der Waals surface area contributed by atoms with Crippen LogP contribution < -0.4 is 5.73 Å². The summed E-state index contributed by atoms with van der Waals surface area (Å²) >= 11 is 17.7. The number of carbonyl (C=O) groups excluding carboxylic acids is 1. The van der Waals surface area contributed by atoms with E-state index in [0.29, 0.717) is 6.42 Å². The van der Waals surface area contributed by atoms with Crippen molar-refractivity contribution in [3.05, 3.63) is 24.3 Å². The lowest BCUT2D eigenvalue weighted by atomic mass is 10.1. The predicted molar refractivity (Wildman–Crippen MR) is 103 cm³/mol. The second-order valence-electron chi connectivity index (χ2n) is 5.77. The third kappa shape index (κ3) is 11.9. The fraction of sp³-hybridized carbons (Fsp3) is 0.722. The number of primary amides is 1. The second-order valence-corrected chi connectivity index (χ2v) is 7.68. The van der Waals surface area contributed by atoms with Crippen LogP contribution in [-0.2, 0) is 4.79 Å². The van der Waals surface area contributed by atoms with Crippen molar-refractivity contribution in [2.75, 3.05) is 0 Å². The molecule has 134 valence electrons. The molecule has 0 fully saturated rings. The van der Waals surface area contributed by atoms with Crippen molar-refractivity contribution in [2.24, 2.45) is 5.73 Å². The summed E-state index contributed by atoms with van der Waals surface area (Å²) in [7, 11) is 0. The van der Waals surface area contributed by atoms with Crippen LogP contribution in [0.15, 0.2) is 24.3 Å². The Bertz CT molecular complexity index is 367. The summed E-state index contributed by atoms with van der Waals surface area (Å²) in [4.78, 5) is 11.1. The summed E-state index contributed by atoms with van der Waals surface area (Å²) in [5, 5.41) is -0.642. The highest BCUT2D eigenvalue weighted by Gasteiger charge is 2.39. The molecule has 0 aliphatic rings. The van der Waals surface area contributed by atoms with Gasteiger partial charge in [-0.05, 0) is 38.5 Å².